The molecule has 1 atom stereocenters. The molecule has 0 radical (unpaired) electrons. The maximum Gasteiger partial charge on any atom is 0.0326 e. The van der Waals surface area contributed by atoms with Gasteiger partial charge in [0.1, 0.15) is 0 Å². The quantitative estimate of drug-likeness (QED) is 0.689. The zero-order valence-corrected chi connectivity index (χ0v) is 7.96. The molecule has 0 fully saturated rings. The Labute approximate surface area is 80.2 Å². The average molecular weight is 173 g/mol. The maximum atomic E-state index is 5.23. The Morgan fingerprint density at radius 1 is 1.38 bits per heavy atom. The number of rotatable bonds is 4. The first-order valence-electron chi connectivity index (χ1n) is 4.54. The summed E-state index contributed by atoms with van der Waals surface area (Å²) in [6.45, 7) is 0. The van der Waals surface area contributed by atoms with Crippen LogP contribution in [0.1, 0.15) is 24.4 Å². The van der Waals surface area contributed by atoms with E-state index >= 15 is 0 Å². The number of hydrogen-bond acceptors (Lipinski definition) is 1. The largest absolute Gasteiger partial charge is 0.313 e. The van der Waals surface area contributed by atoms with Crippen molar-refractivity contribution in [2.45, 2.75) is 18.9 Å². The molecule has 1 nitrogen and oxygen atoms in total. The molecule has 0 saturated carbocycles. The first kappa shape index (κ1) is 9.83. The van der Waals surface area contributed by atoms with Crippen LogP contribution in [-0.4, -0.2) is 7.05 Å². The van der Waals surface area contributed by atoms with E-state index in [9.17, 15) is 0 Å². The molecule has 0 bridgehead atoms. The third-order valence-electron chi connectivity index (χ3n) is 2.13. The smallest absolute Gasteiger partial charge is 0.0326 e. The molecule has 13 heavy (non-hydrogen) atoms. The van der Waals surface area contributed by atoms with E-state index in [0.29, 0.717) is 6.04 Å². The van der Waals surface area contributed by atoms with Crippen molar-refractivity contribution < 1.29 is 0 Å². The maximum absolute atomic E-state index is 5.23. The van der Waals surface area contributed by atoms with E-state index in [2.05, 4.69) is 35.5 Å². The molecule has 0 amide bonds. The van der Waals surface area contributed by atoms with Crippen LogP contribution in [0.15, 0.2) is 30.3 Å². The van der Waals surface area contributed by atoms with Crippen LogP contribution in [0.2, 0.25) is 0 Å². The molecule has 0 heterocycles. The van der Waals surface area contributed by atoms with Gasteiger partial charge in [0.05, 0.1) is 0 Å². The van der Waals surface area contributed by atoms with Crippen molar-refractivity contribution in [2.24, 2.45) is 0 Å². The van der Waals surface area contributed by atoms with Crippen LogP contribution in [0.3, 0.4) is 0 Å². The van der Waals surface area contributed by atoms with Crippen LogP contribution < -0.4 is 5.32 Å². The molecule has 1 aromatic rings. The van der Waals surface area contributed by atoms with Crippen molar-refractivity contribution >= 4 is 0 Å². The zero-order chi connectivity index (χ0) is 9.52. The predicted molar refractivity (Wildman–Crippen MR) is 56.3 cm³/mol. The van der Waals surface area contributed by atoms with Crippen molar-refractivity contribution in [3.63, 3.8) is 0 Å². The van der Waals surface area contributed by atoms with Crippen LogP contribution in [0.25, 0.3) is 0 Å². The highest BCUT2D eigenvalue weighted by molar-refractivity contribution is 5.18. The Balaban J connectivity index is 2.63. The predicted octanol–water partition coefficient (Wildman–Crippen LogP) is 2.36. The van der Waals surface area contributed by atoms with Gasteiger partial charge in [0.15, 0.2) is 0 Å². The van der Waals surface area contributed by atoms with Gasteiger partial charge in [-0.15, -0.1) is 12.3 Å². The summed E-state index contributed by atoms with van der Waals surface area (Å²) in [7, 11) is 1.97. The summed E-state index contributed by atoms with van der Waals surface area (Å²) in [6, 6.07) is 10.8. The van der Waals surface area contributed by atoms with Crippen molar-refractivity contribution in [1.82, 2.24) is 5.32 Å². The van der Waals surface area contributed by atoms with Crippen molar-refractivity contribution in [3.05, 3.63) is 35.9 Å². The molecule has 0 aliphatic carbocycles. The lowest BCUT2D eigenvalue weighted by Crippen LogP contribution is -2.15. The highest BCUT2D eigenvalue weighted by atomic mass is 14.9. The number of nitrogens with one attached hydrogen (secondary N) is 1. The Morgan fingerprint density at radius 3 is 2.62 bits per heavy atom. The van der Waals surface area contributed by atoms with Gasteiger partial charge in [-0.1, -0.05) is 30.3 Å². The summed E-state index contributed by atoms with van der Waals surface area (Å²) in [5.41, 5.74) is 1.31. The minimum Gasteiger partial charge on any atom is -0.313 e. The van der Waals surface area contributed by atoms with Gasteiger partial charge in [0.25, 0.3) is 0 Å². The number of terminal acetylenes is 1. The monoisotopic (exact) mass is 173 g/mol. The lowest BCUT2D eigenvalue weighted by molar-refractivity contribution is 0.558. The summed E-state index contributed by atoms with van der Waals surface area (Å²) in [6.07, 6.45) is 7.05. The fourth-order valence-corrected chi connectivity index (χ4v) is 1.39. The van der Waals surface area contributed by atoms with Gasteiger partial charge in [0, 0.05) is 12.5 Å². The number of benzene rings is 1. The van der Waals surface area contributed by atoms with Gasteiger partial charge in [-0.25, -0.2) is 0 Å². The molecule has 0 saturated heterocycles. The minimum atomic E-state index is 0.386. The van der Waals surface area contributed by atoms with Crippen molar-refractivity contribution in [1.29, 1.82) is 0 Å². The molecular weight excluding hydrogens is 158 g/mol. The Morgan fingerprint density at radius 2 is 2.08 bits per heavy atom. The van der Waals surface area contributed by atoms with E-state index in [-0.39, 0.29) is 0 Å². The third-order valence-corrected chi connectivity index (χ3v) is 2.13. The molecule has 1 heteroatoms. The first-order valence-corrected chi connectivity index (χ1v) is 4.54. The highest BCUT2D eigenvalue weighted by Gasteiger charge is 2.06. The zero-order valence-electron chi connectivity index (χ0n) is 7.96. The van der Waals surface area contributed by atoms with Crippen molar-refractivity contribution in [3.8, 4) is 12.3 Å². The van der Waals surface area contributed by atoms with Gasteiger partial charge in [0.2, 0.25) is 0 Å². The molecule has 0 spiro atoms. The van der Waals surface area contributed by atoms with E-state index in [1.165, 1.54) is 5.56 Å². The number of hydrogen-bond donors (Lipinski definition) is 1. The summed E-state index contributed by atoms with van der Waals surface area (Å²) in [5.74, 6) is 2.66. The van der Waals surface area contributed by atoms with Crippen molar-refractivity contribution in [2.75, 3.05) is 7.05 Å². The molecule has 68 valence electrons. The van der Waals surface area contributed by atoms with Crippen LogP contribution in [-0.2, 0) is 0 Å². The molecule has 0 aliphatic heterocycles. The van der Waals surface area contributed by atoms with E-state index < -0.39 is 0 Å². The molecule has 1 rings (SSSR count). The van der Waals surface area contributed by atoms with E-state index in [1.807, 2.05) is 13.1 Å². The summed E-state index contributed by atoms with van der Waals surface area (Å²) in [4.78, 5) is 0. The molecule has 0 aromatic heterocycles. The molecule has 1 unspecified atom stereocenters. The Hall–Kier alpha value is -1.26. The van der Waals surface area contributed by atoms with E-state index in [0.717, 1.165) is 12.8 Å². The van der Waals surface area contributed by atoms with Gasteiger partial charge >= 0.3 is 0 Å². The van der Waals surface area contributed by atoms with Gasteiger partial charge < -0.3 is 5.32 Å². The van der Waals surface area contributed by atoms with Crippen LogP contribution >= 0.6 is 0 Å². The molecule has 1 N–H and O–H groups in total. The molecule has 1 aromatic carbocycles. The second-order valence-electron chi connectivity index (χ2n) is 2.99. The lowest BCUT2D eigenvalue weighted by atomic mass is 10.0. The van der Waals surface area contributed by atoms with Gasteiger partial charge in [-0.05, 0) is 19.0 Å². The highest BCUT2D eigenvalue weighted by Crippen LogP contribution is 2.16. The summed E-state index contributed by atoms with van der Waals surface area (Å²) >= 11 is 0. The third kappa shape index (κ3) is 2.93. The fraction of sp³-hybridized carbons (Fsp3) is 0.333. The van der Waals surface area contributed by atoms with E-state index in [1.54, 1.807) is 0 Å². The Bertz CT molecular complexity index is 271. The first-order chi connectivity index (χ1) is 6.38. The lowest BCUT2D eigenvalue weighted by Gasteiger charge is -2.14. The van der Waals surface area contributed by atoms with Crippen LogP contribution in [0.4, 0.5) is 0 Å². The molecule has 0 aliphatic rings. The average Bonchev–Trinajstić information content (AvgIpc) is 2.21. The van der Waals surface area contributed by atoms with Gasteiger partial charge in [-0.2, -0.15) is 0 Å². The fourth-order valence-electron chi connectivity index (χ4n) is 1.39. The summed E-state index contributed by atoms with van der Waals surface area (Å²) in [5, 5.41) is 3.26. The topological polar surface area (TPSA) is 12.0 Å². The second-order valence-corrected chi connectivity index (χ2v) is 2.99. The SMILES string of the molecule is C#CCCC(NC)c1ccccc1. The second kappa shape index (κ2) is 5.40. The van der Waals surface area contributed by atoms with Crippen LogP contribution in [0, 0.1) is 12.3 Å². The van der Waals surface area contributed by atoms with Gasteiger partial charge in [-0.3, -0.25) is 0 Å². The normalized spacial score (nSPS) is 12.0. The summed E-state index contributed by atoms with van der Waals surface area (Å²) < 4.78 is 0. The Kier molecular flexibility index (Phi) is 4.08. The van der Waals surface area contributed by atoms with Crippen LogP contribution in [0.5, 0.6) is 0 Å². The molecular formula is C12H15N. The minimum absolute atomic E-state index is 0.386. The standard InChI is InChI=1S/C12H15N/c1-3-4-10-12(13-2)11-8-6-5-7-9-11/h1,5-9,12-13H,4,10H2,2H3. The van der Waals surface area contributed by atoms with E-state index in [4.69, 9.17) is 6.42 Å².